The minimum atomic E-state index is -0.431. The van der Waals surface area contributed by atoms with Gasteiger partial charge in [-0.05, 0) is 60.7 Å². The van der Waals surface area contributed by atoms with Crippen molar-refractivity contribution in [3.05, 3.63) is 95.4 Å². The molecule has 0 aliphatic rings. The summed E-state index contributed by atoms with van der Waals surface area (Å²) in [5.41, 5.74) is 4.20. The average molecular weight is 581 g/mol. The van der Waals surface area contributed by atoms with Crippen LogP contribution < -0.4 is 0 Å². The molecule has 4 heterocycles. The second-order valence-electron chi connectivity index (χ2n) is 8.87. The molecule has 9 heteroatoms. The van der Waals surface area contributed by atoms with Gasteiger partial charge in [0.2, 0.25) is 5.95 Å². The van der Waals surface area contributed by atoms with Crippen LogP contribution in [0, 0.1) is 0 Å². The minimum Gasteiger partial charge on any atom is -0.469 e. The molecular weight excluding hydrogens is 560 g/mol. The number of aromatic nitrogens is 4. The molecule has 2 aromatic carbocycles. The van der Waals surface area contributed by atoms with E-state index in [1.165, 1.54) is 7.11 Å². The molecule has 0 amide bonds. The fraction of sp³-hybridized carbons (Fsp3) is 0.100. The number of carbonyl (C=O) groups is 2. The third-order valence-corrected chi connectivity index (χ3v) is 6.96. The molecule has 0 fully saturated rings. The van der Waals surface area contributed by atoms with Crippen molar-refractivity contribution in [3.63, 3.8) is 0 Å². The van der Waals surface area contributed by atoms with Crippen LogP contribution in [0.25, 0.3) is 50.5 Å². The maximum Gasteiger partial charge on any atom is 0.305 e. The van der Waals surface area contributed by atoms with E-state index in [1.807, 2.05) is 66.7 Å². The number of nitrogens with zero attached hydrogens (tertiary/aromatic N) is 4. The molecular formula is C30H21BrN4O4. The number of benzene rings is 2. The van der Waals surface area contributed by atoms with Crippen LogP contribution in [0.1, 0.15) is 23.2 Å². The molecule has 0 unspecified atom stereocenters. The summed E-state index contributed by atoms with van der Waals surface area (Å²) in [5, 5.41) is 1.55. The lowest BCUT2D eigenvalue weighted by Crippen LogP contribution is -2.06. The largest absolute Gasteiger partial charge is 0.469 e. The molecule has 0 atom stereocenters. The molecule has 0 saturated carbocycles. The van der Waals surface area contributed by atoms with Gasteiger partial charge in [0.1, 0.15) is 11.5 Å². The Morgan fingerprint density at radius 3 is 2.64 bits per heavy atom. The number of carbonyl (C=O) groups excluding carboxylic acids is 2. The summed E-state index contributed by atoms with van der Waals surface area (Å²) in [6.45, 7) is 0. The number of esters is 1. The van der Waals surface area contributed by atoms with Crippen molar-refractivity contribution in [1.82, 2.24) is 19.5 Å². The first-order chi connectivity index (χ1) is 19.0. The van der Waals surface area contributed by atoms with E-state index in [9.17, 15) is 9.59 Å². The Kier molecular flexibility index (Phi) is 6.50. The van der Waals surface area contributed by atoms with Crippen LogP contribution in [0.5, 0.6) is 0 Å². The highest BCUT2D eigenvalue weighted by Crippen LogP contribution is 2.33. The number of furan rings is 1. The Morgan fingerprint density at radius 1 is 0.974 bits per heavy atom. The van der Waals surface area contributed by atoms with Gasteiger partial charge >= 0.3 is 5.97 Å². The number of rotatable bonds is 7. The summed E-state index contributed by atoms with van der Waals surface area (Å²) in [6, 6.07) is 21.0. The highest BCUT2D eigenvalue weighted by atomic mass is 79.9. The standard InChI is InChI=1S/C30H21BrN4O4/c1-38-28(37)12-11-26(36)22-17-35(25-10-8-19(31)16-20(22)25)30-33-23-9-7-18(27-6-4-14-39-27)15-21(23)29(34-30)24-5-2-3-13-32-24/h2-10,13-17H,11-12H2,1H3. The van der Waals surface area contributed by atoms with Gasteiger partial charge in [-0.2, -0.15) is 0 Å². The van der Waals surface area contributed by atoms with Gasteiger partial charge < -0.3 is 9.15 Å². The Labute approximate surface area is 231 Å². The van der Waals surface area contributed by atoms with E-state index in [-0.39, 0.29) is 18.6 Å². The van der Waals surface area contributed by atoms with Crippen molar-refractivity contribution in [2.75, 3.05) is 7.11 Å². The second kappa shape index (κ2) is 10.3. The number of halogens is 1. The molecule has 6 rings (SSSR count). The average Bonchev–Trinajstić information content (AvgIpc) is 3.64. The van der Waals surface area contributed by atoms with E-state index in [1.54, 1.807) is 23.2 Å². The van der Waals surface area contributed by atoms with E-state index >= 15 is 0 Å². The van der Waals surface area contributed by atoms with Crippen LogP contribution in [-0.4, -0.2) is 38.4 Å². The zero-order valence-corrected chi connectivity index (χ0v) is 22.4. The van der Waals surface area contributed by atoms with Gasteiger partial charge in [-0.15, -0.1) is 0 Å². The van der Waals surface area contributed by atoms with E-state index in [0.29, 0.717) is 28.4 Å². The number of fused-ring (bicyclic) bond motifs is 2. The van der Waals surface area contributed by atoms with Crippen molar-refractivity contribution in [3.8, 4) is 28.7 Å². The van der Waals surface area contributed by atoms with Gasteiger partial charge in [0.15, 0.2) is 5.78 Å². The van der Waals surface area contributed by atoms with E-state index < -0.39 is 5.97 Å². The van der Waals surface area contributed by atoms with Gasteiger partial charge in [-0.3, -0.25) is 19.1 Å². The topological polar surface area (TPSA) is 100 Å². The molecule has 8 nitrogen and oxygen atoms in total. The third-order valence-electron chi connectivity index (χ3n) is 6.46. The highest BCUT2D eigenvalue weighted by molar-refractivity contribution is 9.10. The molecule has 0 aliphatic heterocycles. The summed E-state index contributed by atoms with van der Waals surface area (Å²) >= 11 is 3.51. The van der Waals surface area contributed by atoms with E-state index in [0.717, 1.165) is 32.1 Å². The Bertz CT molecular complexity index is 1850. The lowest BCUT2D eigenvalue weighted by molar-refractivity contribution is -0.140. The van der Waals surface area contributed by atoms with Gasteiger partial charge in [0.05, 0.1) is 36.5 Å². The van der Waals surface area contributed by atoms with Gasteiger partial charge in [-0.25, -0.2) is 9.97 Å². The highest BCUT2D eigenvalue weighted by Gasteiger charge is 2.20. The minimum absolute atomic E-state index is 0.00428. The Hall–Kier alpha value is -4.63. The van der Waals surface area contributed by atoms with Gasteiger partial charge in [-0.1, -0.05) is 22.0 Å². The number of hydrogen-bond acceptors (Lipinski definition) is 7. The number of hydrogen-bond donors (Lipinski definition) is 0. The molecule has 6 aromatic rings. The fourth-order valence-corrected chi connectivity index (χ4v) is 4.92. The Morgan fingerprint density at radius 2 is 1.87 bits per heavy atom. The maximum atomic E-state index is 13.2. The lowest BCUT2D eigenvalue weighted by Gasteiger charge is -2.11. The summed E-state index contributed by atoms with van der Waals surface area (Å²) < 4.78 is 12.9. The summed E-state index contributed by atoms with van der Waals surface area (Å²) in [4.78, 5) is 39.3. The van der Waals surface area contributed by atoms with Crippen molar-refractivity contribution in [2.45, 2.75) is 12.8 Å². The fourth-order valence-electron chi connectivity index (χ4n) is 4.56. The van der Waals surface area contributed by atoms with Crippen molar-refractivity contribution in [1.29, 1.82) is 0 Å². The first-order valence-corrected chi connectivity index (χ1v) is 13.0. The first-order valence-electron chi connectivity index (χ1n) is 12.2. The molecule has 0 spiro atoms. The molecule has 0 saturated heterocycles. The number of Topliss-reactive ketones (excluding diaryl/α,β-unsaturated/α-hetero) is 1. The predicted octanol–water partition coefficient (Wildman–Crippen LogP) is 6.79. The molecule has 0 N–H and O–H groups in total. The van der Waals surface area contributed by atoms with E-state index in [4.69, 9.17) is 19.1 Å². The number of ketones is 1. The summed E-state index contributed by atoms with van der Waals surface area (Å²) in [6.07, 6.45) is 5.13. The van der Waals surface area contributed by atoms with Gasteiger partial charge in [0, 0.05) is 45.2 Å². The van der Waals surface area contributed by atoms with Crippen molar-refractivity contribution < 1.29 is 18.7 Å². The molecule has 4 aromatic heterocycles. The van der Waals surface area contributed by atoms with Crippen LogP contribution >= 0.6 is 15.9 Å². The lowest BCUT2D eigenvalue weighted by atomic mass is 10.1. The van der Waals surface area contributed by atoms with Crippen LogP contribution in [0.15, 0.2) is 94.3 Å². The number of ether oxygens (including phenoxy) is 1. The maximum absolute atomic E-state index is 13.2. The number of methoxy groups -OCH3 is 1. The first kappa shape index (κ1) is 24.7. The monoisotopic (exact) mass is 580 g/mol. The molecule has 39 heavy (non-hydrogen) atoms. The van der Waals surface area contributed by atoms with Gasteiger partial charge in [0.25, 0.3) is 0 Å². The van der Waals surface area contributed by atoms with Crippen molar-refractivity contribution in [2.24, 2.45) is 0 Å². The summed E-state index contributed by atoms with van der Waals surface area (Å²) in [5.74, 6) is 0.536. The quantitative estimate of drug-likeness (QED) is 0.151. The molecule has 0 aliphatic carbocycles. The second-order valence-corrected chi connectivity index (χ2v) is 9.79. The van der Waals surface area contributed by atoms with Crippen LogP contribution in [0.2, 0.25) is 0 Å². The Balaban J connectivity index is 1.55. The SMILES string of the molecule is COC(=O)CCC(=O)c1cn(-c2nc(-c3ccccn3)c3cc(-c4ccco4)ccc3n2)c2ccc(Br)cc12. The van der Waals surface area contributed by atoms with Crippen LogP contribution in [0.3, 0.4) is 0 Å². The zero-order valence-electron chi connectivity index (χ0n) is 20.8. The van der Waals surface area contributed by atoms with Crippen LogP contribution in [-0.2, 0) is 9.53 Å². The summed E-state index contributed by atoms with van der Waals surface area (Å²) in [7, 11) is 1.31. The molecule has 192 valence electrons. The zero-order chi connectivity index (χ0) is 26.9. The smallest absolute Gasteiger partial charge is 0.305 e. The third kappa shape index (κ3) is 4.72. The van der Waals surface area contributed by atoms with Crippen molar-refractivity contribution >= 4 is 49.5 Å². The molecule has 0 radical (unpaired) electrons. The molecule has 0 bridgehead atoms. The predicted molar refractivity (Wildman–Crippen MR) is 151 cm³/mol. The van der Waals surface area contributed by atoms with Crippen LogP contribution in [0.4, 0.5) is 0 Å². The van der Waals surface area contributed by atoms with E-state index in [2.05, 4.69) is 20.9 Å². The number of pyridine rings is 1. The normalized spacial score (nSPS) is 11.2.